The molecule has 0 saturated carbocycles. The first-order valence-corrected chi connectivity index (χ1v) is 14.4. The normalized spacial score (nSPS) is 13.3. The van der Waals surface area contributed by atoms with E-state index in [4.69, 9.17) is 9.72 Å². The number of carbonyl (C=O) groups excluding carboxylic acids is 2. The number of hydrogen-bond acceptors (Lipinski definition) is 4. The summed E-state index contributed by atoms with van der Waals surface area (Å²) in [6, 6.07) is 34.7. The van der Waals surface area contributed by atoms with Gasteiger partial charge in [-0.1, -0.05) is 82.7 Å². The number of pyridine rings is 1. The highest BCUT2D eigenvalue weighted by Gasteiger charge is 2.27. The topological polar surface area (TPSA) is 62.7 Å². The Kier molecular flexibility index (Phi) is 7.78. The van der Waals surface area contributed by atoms with Gasteiger partial charge in [0.1, 0.15) is 12.4 Å². The number of halogens is 1. The summed E-state index contributed by atoms with van der Waals surface area (Å²) < 4.78 is 6.68. The number of fused-ring (bicyclic) bond motifs is 1. The molecule has 2 amide bonds. The smallest absolute Gasteiger partial charge is 0.254 e. The first-order chi connectivity index (χ1) is 20.1. The summed E-state index contributed by atoms with van der Waals surface area (Å²) >= 11 is 3.63. The summed E-state index contributed by atoms with van der Waals surface area (Å²) in [5.41, 5.74) is 4.76. The molecule has 0 aliphatic carbocycles. The van der Waals surface area contributed by atoms with E-state index in [2.05, 4.69) is 15.9 Å². The number of amides is 2. The Morgan fingerprint density at radius 3 is 2.05 bits per heavy atom. The fourth-order valence-corrected chi connectivity index (χ4v) is 5.64. The minimum atomic E-state index is -0.0616. The predicted octanol–water partition coefficient (Wildman–Crippen LogP) is 6.84. The third kappa shape index (κ3) is 5.86. The van der Waals surface area contributed by atoms with Crippen LogP contribution < -0.4 is 4.74 Å². The van der Waals surface area contributed by atoms with Gasteiger partial charge < -0.3 is 14.5 Å². The van der Waals surface area contributed by atoms with Gasteiger partial charge in [-0.15, -0.1) is 0 Å². The zero-order valence-electron chi connectivity index (χ0n) is 22.4. The molecule has 7 heteroatoms. The van der Waals surface area contributed by atoms with Crippen LogP contribution in [0.4, 0.5) is 0 Å². The zero-order chi connectivity index (χ0) is 28.2. The summed E-state index contributed by atoms with van der Waals surface area (Å²) in [6.45, 7) is 2.31. The number of aromatic nitrogens is 1. The van der Waals surface area contributed by atoms with Crippen LogP contribution in [0.5, 0.6) is 5.75 Å². The van der Waals surface area contributed by atoms with Crippen molar-refractivity contribution in [3.05, 3.63) is 130 Å². The van der Waals surface area contributed by atoms with Gasteiger partial charge in [0.2, 0.25) is 0 Å². The molecule has 41 heavy (non-hydrogen) atoms. The Morgan fingerprint density at radius 1 is 0.732 bits per heavy atom. The van der Waals surface area contributed by atoms with Crippen molar-refractivity contribution in [2.75, 3.05) is 26.2 Å². The Balaban J connectivity index is 1.14. The molecular formula is C34H28BrN3O3. The molecule has 0 spiro atoms. The van der Waals surface area contributed by atoms with Crippen molar-refractivity contribution in [2.24, 2.45) is 0 Å². The lowest BCUT2D eigenvalue weighted by atomic mass is 10.0. The van der Waals surface area contributed by atoms with Crippen LogP contribution in [0.1, 0.15) is 26.3 Å². The van der Waals surface area contributed by atoms with Gasteiger partial charge in [0, 0.05) is 47.2 Å². The van der Waals surface area contributed by atoms with Gasteiger partial charge in [0.05, 0.1) is 16.8 Å². The van der Waals surface area contributed by atoms with Gasteiger partial charge in [-0.25, -0.2) is 4.98 Å². The van der Waals surface area contributed by atoms with E-state index in [0.717, 1.165) is 32.2 Å². The summed E-state index contributed by atoms with van der Waals surface area (Å²) in [4.78, 5) is 35.5. The molecule has 0 radical (unpaired) electrons. The standard InChI is InChI=1S/C34H28BrN3O3/c35-29-12-7-13-30-32(29)28(22-31(36-30)25-10-5-2-6-11-25)34(40)38-20-18-37(19-21-38)33(39)26-14-16-27(17-15-26)41-23-24-8-3-1-4-9-24/h1-17,22H,18-21,23H2. The fourth-order valence-electron chi connectivity index (χ4n) is 5.07. The maximum Gasteiger partial charge on any atom is 0.254 e. The Bertz CT molecular complexity index is 1680. The van der Waals surface area contributed by atoms with Gasteiger partial charge in [0.25, 0.3) is 11.8 Å². The molecule has 0 unspecified atom stereocenters. The van der Waals surface area contributed by atoms with Crippen molar-refractivity contribution in [2.45, 2.75) is 6.61 Å². The predicted molar refractivity (Wildman–Crippen MR) is 164 cm³/mol. The maximum atomic E-state index is 13.9. The molecule has 0 bridgehead atoms. The molecule has 1 aromatic heterocycles. The molecule has 6 nitrogen and oxygen atoms in total. The number of carbonyl (C=O) groups is 2. The summed E-state index contributed by atoms with van der Waals surface area (Å²) in [5, 5.41) is 0.797. The molecule has 0 N–H and O–H groups in total. The van der Waals surface area contributed by atoms with Gasteiger partial charge in [-0.05, 0) is 48.0 Å². The second-order valence-corrected chi connectivity index (χ2v) is 10.8. The third-order valence-corrected chi connectivity index (χ3v) is 7.95. The highest BCUT2D eigenvalue weighted by Crippen LogP contribution is 2.31. The fraction of sp³-hybridized carbons (Fsp3) is 0.147. The van der Waals surface area contributed by atoms with Crippen molar-refractivity contribution < 1.29 is 14.3 Å². The molecule has 1 aliphatic heterocycles. The second-order valence-electron chi connectivity index (χ2n) is 9.94. The highest BCUT2D eigenvalue weighted by atomic mass is 79.9. The van der Waals surface area contributed by atoms with Crippen molar-refractivity contribution in [1.82, 2.24) is 14.8 Å². The molecular weight excluding hydrogens is 578 g/mol. The molecule has 4 aromatic carbocycles. The largest absolute Gasteiger partial charge is 0.489 e. The Morgan fingerprint density at radius 2 is 1.37 bits per heavy atom. The monoisotopic (exact) mass is 605 g/mol. The maximum absolute atomic E-state index is 13.9. The van der Waals surface area contributed by atoms with E-state index >= 15 is 0 Å². The van der Waals surface area contributed by atoms with Gasteiger partial charge in [0.15, 0.2) is 0 Å². The molecule has 1 aliphatic rings. The number of rotatable bonds is 6. The van der Waals surface area contributed by atoms with Gasteiger partial charge in [-0.2, -0.15) is 0 Å². The lowest BCUT2D eigenvalue weighted by molar-refractivity contribution is 0.0536. The van der Waals surface area contributed by atoms with E-state index in [-0.39, 0.29) is 11.8 Å². The summed E-state index contributed by atoms with van der Waals surface area (Å²) in [7, 11) is 0. The first kappa shape index (κ1) is 26.7. The minimum absolute atomic E-state index is 0.0461. The lowest BCUT2D eigenvalue weighted by Gasteiger charge is -2.35. The van der Waals surface area contributed by atoms with E-state index in [0.29, 0.717) is 49.7 Å². The number of nitrogens with zero attached hydrogens (tertiary/aromatic N) is 3. The van der Waals surface area contributed by atoms with Crippen LogP contribution in [0.25, 0.3) is 22.2 Å². The third-order valence-electron chi connectivity index (χ3n) is 7.29. The van der Waals surface area contributed by atoms with E-state index in [1.807, 2.05) is 102 Å². The molecule has 1 fully saturated rings. The highest BCUT2D eigenvalue weighted by molar-refractivity contribution is 9.10. The van der Waals surface area contributed by atoms with Crippen LogP contribution in [0.15, 0.2) is 114 Å². The average Bonchev–Trinajstić information content (AvgIpc) is 3.04. The number of hydrogen-bond donors (Lipinski definition) is 0. The van der Waals surface area contributed by atoms with Crippen LogP contribution in [-0.2, 0) is 6.61 Å². The molecule has 6 rings (SSSR count). The number of benzene rings is 4. The van der Waals surface area contributed by atoms with Crippen molar-refractivity contribution >= 4 is 38.6 Å². The minimum Gasteiger partial charge on any atom is -0.489 e. The van der Waals surface area contributed by atoms with Crippen molar-refractivity contribution in [3.63, 3.8) is 0 Å². The van der Waals surface area contributed by atoms with Crippen LogP contribution in [-0.4, -0.2) is 52.8 Å². The van der Waals surface area contributed by atoms with Crippen LogP contribution >= 0.6 is 15.9 Å². The lowest BCUT2D eigenvalue weighted by Crippen LogP contribution is -2.50. The van der Waals surface area contributed by atoms with Gasteiger partial charge in [-0.3, -0.25) is 9.59 Å². The first-order valence-electron chi connectivity index (χ1n) is 13.6. The second kappa shape index (κ2) is 11.9. The number of ether oxygens (including phenoxy) is 1. The van der Waals surface area contributed by atoms with E-state index in [1.165, 1.54) is 0 Å². The number of piperazine rings is 1. The molecule has 204 valence electrons. The molecule has 5 aromatic rings. The SMILES string of the molecule is O=C(c1ccc(OCc2ccccc2)cc1)N1CCN(C(=O)c2cc(-c3ccccc3)nc3cccc(Br)c23)CC1. The molecule has 0 atom stereocenters. The Hall–Kier alpha value is -4.49. The van der Waals surface area contributed by atoms with E-state index in [9.17, 15) is 9.59 Å². The van der Waals surface area contributed by atoms with Crippen LogP contribution in [0.3, 0.4) is 0 Å². The van der Waals surface area contributed by atoms with Crippen LogP contribution in [0, 0.1) is 0 Å². The quantitative estimate of drug-likeness (QED) is 0.212. The van der Waals surface area contributed by atoms with E-state index in [1.54, 1.807) is 17.0 Å². The molecule has 2 heterocycles. The van der Waals surface area contributed by atoms with Crippen LogP contribution in [0.2, 0.25) is 0 Å². The van der Waals surface area contributed by atoms with E-state index < -0.39 is 0 Å². The summed E-state index contributed by atoms with van der Waals surface area (Å²) in [6.07, 6.45) is 0. The van der Waals surface area contributed by atoms with Crippen molar-refractivity contribution in [3.8, 4) is 17.0 Å². The average molecular weight is 607 g/mol. The van der Waals surface area contributed by atoms with Crippen molar-refractivity contribution in [1.29, 1.82) is 0 Å². The summed E-state index contributed by atoms with van der Waals surface area (Å²) in [5.74, 6) is 0.607. The Labute approximate surface area is 247 Å². The van der Waals surface area contributed by atoms with Gasteiger partial charge >= 0.3 is 0 Å². The zero-order valence-corrected chi connectivity index (χ0v) is 24.0. The molecule has 1 saturated heterocycles.